The van der Waals surface area contributed by atoms with Gasteiger partial charge in [-0.2, -0.15) is 9.97 Å². The van der Waals surface area contributed by atoms with Crippen LogP contribution in [-0.4, -0.2) is 61.4 Å². The van der Waals surface area contributed by atoms with Gasteiger partial charge in [-0.25, -0.2) is 9.59 Å². The fraction of sp³-hybridized carbons (Fsp3) is 0.467. The maximum atomic E-state index is 12.7. The van der Waals surface area contributed by atoms with E-state index in [0.29, 0.717) is 0 Å². The van der Waals surface area contributed by atoms with Crippen molar-refractivity contribution in [3.8, 4) is 0 Å². The number of hydrogen-bond acceptors (Lipinski definition) is 11. The topological polar surface area (TPSA) is 198 Å². The first-order chi connectivity index (χ1) is 13.6. The number of nitrogens with two attached hydrogens (primary N) is 2. The second kappa shape index (κ2) is 9.76. The van der Waals surface area contributed by atoms with Crippen LogP contribution >= 0.6 is 7.60 Å². The third kappa shape index (κ3) is 6.76. The molecule has 0 aromatic carbocycles. The summed E-state index contributed by atoms with van der Waals surface area (Å²) in [6.07, 6.45) is 0.591. The van der Waals surface area contributed by atoms with E-state index in [1.54, 1.807) is 0 Å². The number of nitrogen functional groups attached to an aromatic ring is 2. The van der Waals surface area contributed by atoms with Crippen LogP contribution < -0.4 is 22.8 Å². The van der Waals surface area contributed by atoms with E-state index in [1.165, 1.54) is 24.5 Å². The molecule has 0 radical (unpaired) electrons. The van der Waals surface area contributed by atoms with Crippen LogP contribution in [0.2, 0.25) is 0 Å². The number of aliphatic hydroxyl groups excluding tert-OH is 2. The molecule has 0 aliphatic rings. The smallest absolute Gasteiger partial charge is 0.349 e. The summed E-state index contributed by atoms with van der Waals surface area (Å²) in [5.74, 6) is 0.0748. The van der Waals surface area contributed by atoms with Gasteiger partial charge in [0.1, 0.15) is 23.8 Å². The molecule has 0 fully saturated rings. The van der Waals surface area contributed by atoms with E-state index in [2.05, 4.69) is 9.97 Å². The Labute approximate surface area is 165 Å². The van der Waals surface area contributed by atoms with E-state index in [9.17, 15) is 24.4 Å². The second-order valence-corrected chi connectivity index (χ2v) is 8.13. The summed E-state index contributed by atoms with van der Waals surface area (Å²) < 4.78 is 25.6. The minimum absolute atomic E-state index is 0.0374. The van der Waals surface area contributed by atoms with Gasteiger partial charge in [0.05, 0.1) is 26.3 Å². The molecule has 0 aliphatic carbocycles. The van der Waals surface area contributed by atoms with Crippen LogP contribution in [0.4, 0.5) is 11.6 Å². The summed E-state index contributed by atoms with van der Waals surface area (Å²) in [6, 6.07) is 2.77. The number of nitrogens with zero attached hydrogens (tertiary/aromatic N) is 4. The molecule has 2 aromatic rings. The Bertz CT molecular complexity index is 918. The molecule has 2 unspecified atom stereocenters. The first-order valence-electron chi connectivity index (χ1n) is 8.45. The van der Waals surface area contributed by atoms with Gasteiger partial charge in [0.25, 0.3) is 0 Å². The maximum absolute atomic E-state index is 12.7. The van der Waals surface area contributed by atoms with Crippen LogP contribution in [0.25, 0.3) is 0 Å². The first-order valence-corrected chi connectivity index (χ1v) is 10.4. The molecular formula is C15H23N6O7P. The molecule has 29 heavy (non-hydrogen) atoms. The number of aliphatic hydroxyl groups is 2. The molecule has 2 aromatic heterocycles. The molecule has 2 atom stereocenters. The van der Waals surface area contributed by atoms with Gasteiger partial charge in [-0.1, -0.05) is 0 Å². The highest BCUT2D eigenvalue weighted by Crippen LogP contribution is 2.46. The van der Waals surface area contributed by atoms with Gasteiger partial charge in [-0.15, -0.1) is 0 Å². The van der Waals surface area contributed by atoms with Crippen molar-refractivity contribution in [2.45, 2.75) is 25.3 Å². The Morgan fingerprint density at radius 2 is 1.34 bits per heavy atom. The van der Waals surface area contributed by atoms with Crippen LogP contribution in [0.1, 0.15) is 0 Å². The van der Waals surface area contributed by atoms with Crippen molar-refractivity contribution in [1.82, 2.24) is 19.1 Å². The number of anilines is 2. The molecule has 13 nitrogen and oxygen atoms in total. The number of rotatable bonds is 10. The van der Waals surface area contributed by atoms with Crippen molar-refractivity contribution < 1.29 is 23.8 Å². The van der Waals surface area contributed by atoms with E-state index in [1.807, 2.05) is 0 Å². The minimum Gasteiger partial charge on any atom is -0.394 e. The lowest BCUT2D eigenvalue weighted by molar-refractivity contribution is 0.0449. The lowest BCUT2D eigenvalue weighted by atomic mass is 10.4. The zero-order valence-electron chi connectivity index (χ0n) is 15.6. The fourth-order valence-corrected chi connectivity index (χ4v) is 3.82. The van der Waals surface area contributed by atoms with Crippen LogP contribution in [-0.2, 0) is 26.7 Å². The van der Waals surface area contributed by atoms with E-state index < -0.39 is 44.4 Å². The van der Waals surface area contributed by atoms with E-state index in [0.717, 1.165) is 15.8 Å². The highest BCUT2D eigenvalue weighted by Gasteiger charge is 2.28. The standard InChI is InChI=1S/C15H23N6O7P/c1-29(26,27-10(8-22)6-20-4-2-12(16)18-14(20)24)28-11(9-23)7-21-5-3-13(17)19-15(21)25/h2-5,10-11,22-23H,6-9H2,1H3,(H2,16,18,24)(H2,17,19,25). The molecule has 0 bridgehead atoms. The number of aromatic nitrogens is 4. The zero-order valence-corrected chi connectivity index (χ0v) is 16.5. The van der Waals surface area contributed by atoms with Gasteiger partial charge >= 0.3 is 19.0 Å². The predicted octanol–water partition coefficient (Wildman–Crippen LogP) is -1.76. The third-order valence-electron chi connectivity index (χ3n) is 3.68. The summed E-state index contributed by atoms with van der Waals surface area (Å²) in [7, 11) is -3.80. The molecule has 0 spiro atoms. The van der Waals surface area contributed by atoms with Crippen molar-refractivity contribution >= 4 is 19.2 Å². The van der Waals surface area contributed by atoms with Crippen molar-refractivity contribution in [3.63, 3.8) is 0 Å². The molecule has 2 heterocycles. The Kier molecular flexibility index (Phi) is 7.65. The molecule has 0 saturated carbocycles. The molecule has 160 valence electrons. The van der Waals surface area contributed by atoms with Crippen molar-refractivity contribution in [2.75, 3.05) is 31.3 Å². The van der Waals surface area contributed by atoms with Gasteiger partial charge in [0, 0.05) is 19.1 Å². The van der Waals surface area contributed by atoms with Gasteiger partial charge in [0.2, 0.25) is 0 Å². The van der Waals surface area contributed by atoms with Crippen LogP contribution in [0.5, 0.6) is 0 Å². The molecule has 14 heteroatoms. The van der Waals surface area contributed by atoms with Crippen molar-refractivity contribution in [1.29, 1.82) is 0 Å². The largest absolute Gasteiger partial charge is 0.394 e. The summed E-state index contributed by atoms with van der Waals surface area (Å²) in [6.45, 7) is -0.303. The summed E-state index contributed by atoms with van der Waals surface area (Å²) >= 11 is 0. The Balaban J connectivity index is 2.05. The molecule has 0 amide bonds. The molecule has 2 rings (SSSR count). The Morgan fingerprint density at radius 3 is 1.66 bits per heavy atom. The van der Waals surface area contributed by atoms with E-state index in [-0.39, 0.29) is 24.7 Å². The van der Waals surface area contributed by atoms with E-state index >= 15 is 0 Å². The predicted molar refractivity (Wildman–Crippen MR) is 103 cm³/mol. The summed E-state index contributed by atoms with van der Waals surface area (Å²) in [5, 5.41) is 19.0. The normalized spacial score (nSPS) is 15.6. The zero-order chi connectivity index (χ0) is 21.6. The average molecular weight is 430 g/mol. The van der Waals surface area contributed by atoms with Gasteiger partial charge in [-0.05, 0) is 12.1 Å². The summed E-state index contributed by atoms with van der Waals surface area (Å²) in [5.41, 5.74) is 9.50. The minimum atomic E-state index is -3.80. The molecule has 0 aliphatic heterocycles. The van der Waals surface area contributed by atoms with E-state index in [4.69, 9.17) is 20.5 Å². The third-order valence-corrected chi connectivity index (χ3v) is 5.04. The average Bonchev–Trinajstić information content (AvgIpc) is 2.64. The van der Waals surface area contributed by atoms with Crippen LogP contribution in [0, 0.1) is 0 Å². The lowest BCUT2D eigenvalue weighted by Crippen LogP contribution is -2.33. The van der Waals surface area contributed by atoms with Gasteiger partial charge < -0.3 is 30.7 Å². The van der Waals surface area contributed by atoms with Crippen molar-refractivity contribution in [2.24, 2.45) is 0 Å². The van der Waals surface area contributed by atoms with Crippen LogP contribution in [0.3, 0.4) is 0 Å². The second-order valence-electron chi connectivity index (χ2n) is 6.17. The Hall–Kier alpha value is -2.57. The first kappa shape index (κ1) is 22.7. The molecular weight excluding hydrogens is 407 g/mol. The Morgan fingerprint density at radius 1 is 0.966 bits per heavy atom. The number of hydrogen-bond donors (Lipinski definition) is 4. The maximum Gasteiger partial charge on any atom is 0.349 e. The van der Waals surface area contributed by atoms with Gasteiger partial charge in [-0.3, -0.25) is 13.7 Å². The fourth-order valence-electron chi connectivity index (χ4n) is 2.42. The lowest BCUT2D eigenvalue weighted by Gasteiger charge is -2.25. The SMILES string of the molecule is CP(=O)(OC(CO)Cn1ccc(N)nc1=O)OC(CO)Cn1ccc(N)nc1=O. The highest BCUT2D eigenvalue weighted by molar-refractivity contribution is 7.53. The highest BCUT2D eigenvalue weighted by atomic mass is 31.2. The molecule has 0 saturated heterocycles. The monoisotopic (exact) mass is 430 g/mol. The van der Waals surface area contributed by atoms with Gasteiger partial charge in [0.15, 0.2) is 0 Å². The van der Waals surface area contributed by atoms with Crippen LogP contribution in [0.15, 0.2) is 34.1 Å². The quantitative estimate of drug-likeness (QED) is 0.311. The summed E-state index contributed by atoms with van der Waals surface area (Å²) in [4.78, 5) is 30.7. The molecule has 6 N–H and O–H groups in total. The van der Waals surface area contributed by atoms with Crippen molar-refractivity contribution in [3.05, 3.63) is 45.5 Å².